The largest absolute Gasteiger partial charge is 0.481 e. The minimum Gasteiger partial charge on any atom is -0.481 e. The second-order valence-corrected chi connectivity index (χ2v) is 5.47. The lowest BCUT2D eigenvalue weighted by Crippen LogP contribution is -2.34. The second kappa shape index (κ2) is 7.38. The number of carboxylic acids is 1. The Labute approximate surface area is 118 Å². The van der Waals surface area contributed by atoms with E-state index in [1.54, 1.807) is 0 Å². The minimum atomic E-state index is -0.665. The zero-order chi connectivity index (χ0) is 14.4. The monoisotopic (exact) mass is 281 g/mol. The number of hydrogen-bond acceptors (Lipinski definition) is 5. The molecule has 0 bridgehead atoms. The normalized spacial score (nSPS) is 22.9. The maximum atomic E-state index is 11.2. The molecule has 2 unspecified atom stereocenters. The highest BCUT2D eigenvalue weighted by Crippen LogP contribution is 2.29. The molecule has 20 heavy (non-hydrogen) atoms. The number of nitrogens with one attached hydrogen (secondary N) is 1. The SMILES string of the molecule is CCCc1nc(CNCC2CCCCC2C(=O)O)no1. The average Bonchev–Trinajstić information content (AvgIpc) is 2.87. The van der Waals surface area contributed by atoms with E-state index in [1.807, 2.05) is 0 Å². The quantitative estimate of drug-likeness (QED) is 0.794. The third-order valence-electron chi connectivity index (χ3n) is 3.89. The van der Waals surface area contributed by atoms with E-state index in [-0.39, 0.29) is 11.8 Å². The Balaban J connectivity index is 1.77. The van der Waals surface area contributed by atoms with E-state index >= 15 is 0 Å². The summed E-state index contributed by atoms with van der Waals surface area (Å²) in [6.07, 6.45) is 5.72. The Morgan fingerprint density at radius 1 is 1.45 bits per heavy atom. The van der Waals surface area contributed by atoms with Gasteiger partial charge in [-0.15, -0.1) is 0 Å². The van der Waals surface area contributed by atoms with Crippen molar-refractivity contribution < 1.29 is 14.4 Å². The number of carboxylic acid groups (broad SMARTS) is 1. The van der Waals surface area contributed by atoms with Crippen molar-refractivity contribution >= 4 is 5.97 Å². The first-order valence-corrected chi connectivity index (χ1v) is 7.45. The molecule has 0 aliphatic heterocycles. The number of rotatable bonds is 7. The maximum absolute atomic E-state index is 11.2. The van der Waals surface area contributed by atoms with Crippen LogP contribution in [0.3, 0.4) is 0 Å². The van der Waals surface area contributed by atoms with Crippen LogP contribution in [-0.2, 0) is 17.8 Å². The summed E-state index contributed by atoms with van der Waals surface area (Å²) in [5, 5.41) is 16.4. The molecule has 1 heterocycles. The molecule has 2 rings (SSSR count). The number of aryl methyl sites for hydroxylation is 1. The summed E-state index contributed by atoms with van der Waals surface area (Å²) >= 11 is 0. The Bertz CT molecular complexity index is 433. The van der Waals surface area contributed by atoms with Crippen LogP contribution in [0.2, 0.25) is 0 Å². The fourth-order valence-corrected chi connectivity index (χ4v) is 2.82. The van der Waals surface area contributed by atoms with Crippen LogP contribution in [0.1, 0.15) is 50.7 Å². The van der Waals surface area contributed by atoms with Crippen molar-refractivity contribution in [2.45, 2.75) is 52.0 Å². The first-order valence-electron chi connectivity index (χ1n) is 7.45. The van der Waals surface area contributed by atoms with E-state index in [2.05, 4.69) is 22.4 Å². The lowest BCUT2D eigenvalue weighted by Gasteiger charge is -2.28. The first-order chi connectivity index (χ1) is 9.70. The van der Waals surface area contributed by atoms with Gasteiger partial charge in [0.25, 0.3) is 0 Å². The van der Waals surface area contributed by atoms with E-state index in [0.29, 0.717) is 24.8 Å². The maximum Gasteiger partial charge on any atom is 0.306 e. The van der Waals surface area contributed by atoms with Crippen LogP contribution >= 0.6 is 0 Å². The number of aromatic nitrogens is 2. The standard InChI is InChI=1S/C14H23N3O3/c1-2-5-13-16-12(17-20-13)9-15-8-10-6-3-4-7-11(10)14(18)19/h10-11,15H,2-9H2,1H3,(H,18,19). The van der Waals surface area contributed by atoms with Crippen LogP contribution in [-0.4, -0.2) is 27.8 Å². The van der Waals surface area contributed by atoms with Crippen molar-refractivity contribution in [3.05, 3.63) is 11.7 Å². The zero-order valence-electron chi connectivity index (χ0n) is 12.0. The molecule has 0 saturated heterocycles. The molecule has 1 saturated carbocycles. The number of nitrogens with zero attached hydrogens (tertiary/aromatic N) is 2. The molecular formula is C14H23N3O3. The Morgan fingerprint density at radius 2 is 2.25 bits per heavy atom. The van der Waals surface area contributed by atoms with E-state index in [1.165, 1.54) is 0 Å². The van der Waals surface area contributed by atoms with Gasteiger partial charge in [-0.05, 0) is 31.7 Å². The van der Waals surface area contributed by atoms with Crippen molar-refractivity contribution in [1.82, 2.24) is 15.5 Å². The highest BCUT2D eigenvalue weighted by molar-refractivity contribution is 5.70. The van der Waals surface area contributed by atoms with Crippen LogP contribution in [0.4, 0.5) is 0 Å². The molecule has 6 nitrogen and oxygen atoms in total. The molecule has 0 spiro atoms. The lowest BCUT2D eigenvalue weighted by atomic mass is 9.79. The highest BCUT2D eigenvalue weighted by Gasteiger charge is 2.30. The molecule has 112 valence electrons. The summed E-state index contributed by atoms with van der Waals surface area (Å²) < 4.78 is 5.11. The van der Waals surface area contributed by atoms with Gasteiger partial charge in [0.05, 0.1) is 12.5 Å². The van der Waals surface area contributed by atoms with E-state index in [9.17, 15) is 9.90 Å². The van der Waals surface area contributed by atoms with E-state index < -0.39 is 5.97 Å². The van der Waals surface area contributed by atoms with Crippen molar-refractivity contribution in [3.8, 4) is 0 Å². The molecule has 0 radical (unpaired) electrons. The third kappa shape index (κ3) is 4.03. The molecule has 1 fully saturated rings. The van der Waals surface area contributed by atoms with E-state index in [0.717, 1.165) is 38.5 Å². The summed E-state index contributed by atoms with van der Waals surface area (Å²) in [5.41, 5.74) is 0. The summed E-state index contributed by atoms with van der Waals surface area (Å²) in [7, 11) is 0. The second-order valence-electron chi connectivity index (χ2n) is 5.47. The van der Waals surface area contributed by atoms with E-state index in [4.69, 9.17) is 4.52 Å². The molecule has 1 aromatic rings. The number of carbonyl (C=O) groups is 1. The highest BCUT2D eigenvalue weighted by atomic mass is 16.5. The molecule has 2 N–H and O–H groups in total. The van der Waals surface area contributed by atoms with Crippen LogP contribution in [0.15, 0.2) is 4.52 Å². The van der Waals surface area contributed by atoms with Crippen LogP contribution < -0.4 is 5.32 Å². The third-order valence-corrected chi connectivity index (χ3v) is 3.89. The van der Waals surface area contributed by atoms with Gasteiger partial charge < -0.3 is 14.9 Å². The van der Waals surface area contributed by atoms with Gasteiger partial charge in [-0.2, -0.15) is 4.98 Å². The van der Waals surface area contributed by atoms with Gasteiger partial charge >= 0.3 is 5.97 Å². The van der Waals surface area contributed by atoms with Crippen molar-refractivity contribution in [2.24, 2.45) is 11.8 Å². The molecule has 2 atom stereocenters. The molecule has 0 aromatic carbocycles. The summed E-state index contributed by atoms with van der Waals surface area (Å²) in [4.78, 5) is 15.5. The smallest absolute Gasteiger partial charge is 0.306 e. The molecule has 1 aromatic heterocycles. The first kappa shape index (κ1) is 15.0. The minimum absolute atomic E-state index is 0.211. The predicted octanol–water partition coefficient (Wildman–Crippen LogP) is 2.00. The molecule has 1 aliphatic carbocycles. The number of aliphatic carboxylic acids is 1. The molecular weight excluding hydrogens is 258 g/mol. The van der Waals surface area contributed by atoms with Crippen LogP contribution in [0.25, 0.3) is 0 Å². The average molecular weight is 281 g/mol. The number of hydrogen-bond donors (Lipinski definition) is 2. The molecule has 0 amide bonds. The van der Waals surface area contributed by atoms with Gasteiger partial charge in [0, 0.05) is 6.42 Å². The van der Waals surface area contributed by atoms with Gasteiger partial charge in [-0.1, -0.05) is 24.9 Å². The van der Waals surface area contributed by atoms with Crippen molar-refractivity contribution in [2.75, 3.05) is 6.54 Å². The fraction of sp³-hybridized carbons (Fsp3) is 0.786. The van der Waals surface area contributed by atoms with Crippen molar-refractivity contribution in [3.63, 3.8) is 0 Å². The molecule has 1 aliphatic rings. The van der Waals surface area contributed by atoms with Gasteiger partial charge in [0.15, 0.2) is 5.82 Å². The fourth-order valence-electron chi connectivity index (χ4n) is 2.82. The van der Waals surface area contributed by atoms with Crippen LogP contribution in [0, 0.1) is 11.8 Å². The summed E-state index contributed by atoms with van der Waals surface area (Å²) in [6, 6.07) is 0. The topological polar surface area (TPSA) is 88.2 Å². The summed E-state index contributed by atoms with van der Waals surface area (Å²) in [5.74, 6) is 0.656. The van der Waals surface area contributed by atoms with Crippen LogP contribution in [0.5, 0.6) is 0 Å². The van der Waals surface area contributed by atoms with Crippen molar-refractivity contribution in [1.29, 1.82) is 0 Å². The van der Waals surface area contributed by atoms with Gasteiger partial charge in [0.2, 0.25) is 5.89 Å². The van der Waals surface area contributed by atoms with Gasteiger partial charge in [-0.3, -0.25) is 4.79 Å². The predicted molar refractivity (Wildman–Crippen MR) is 73.1 cm³/mol. The Hall–Kier alpha value is -1.43. The van der Waals surface area contributed by atoms with Gasteiger partial charge in [0.1, 0.15) is 0 Å². The Morgan fingerprint density at radius 3 is 3.00 bits per heavy atom. The zero-order valence-corrected chi connectivity index (χ0v) is 12.0. The summed E-state index contributed by atoms with van der Waals surface area (Å²) in [6.45, 7) is 3.31. The molecule has 6 heteroatoms. The lowest BCUT2D eigenvalue weighted by molar-refractivity contribution is -0.144. The Kier molecular flexibility index (Phi) is 5.52. The van der Waals surface area contributed by atoms with Gasteiger partial charge in [-0.25, -0.2) is 0 Å².